The van der Waals surface area contributed by atoms with Crippen molar-refractivity contribution in [2.75, 3.05) is 26.3 Å². The molecule has 0 amide bonds. The van der Waals surface area contributed by atoms with Crippen molar-refractivity contribution in [2.45, 2.75) is 64.0 Å². The monoisotopic (exact) mass is 355 g/mol. The average molecular weight is 356 g/mol. The van der Waals surface area contributed by atoms with Crippen LogP contribution in [0.4, 0.5) is 0 Å². The maximum atomic E-state index is 10.3. The molecule has 5 rings (SSSR count). The maximum Gasteiger partial charge on any atom is 0.0571 e. The van der Waals surface area contributed by atoms with Crippen LogP contribution in [0.25, 0.3) is 0 Å². The van der Waals surface area contributed by atoms with Gasteiger partial charge in [0.15, 0.2) is 0 Å². The van der Waals surface area contributed by atoms with E-state index in [2.05, 4.69) is 23.1 Å². The predicted molar refractivity (Wildman–Crippen MR) is 103 cm³/mol. The van der Waals surface area contributed by atoms with Crippen molar-refractivity contribution in [3.63, 3.8) is 0 Å². The molecule has 26 heavy (non-hydrogen) atoms. The molecule has 2 aliphatic heterocycles. The fourth-order valence-corrected chi connectivity index (χ4v) is 6.21. The van der Waals surface area contributed by atoms with Crippen LogP contribution in [0, 0.1) is 17.3 Å². The van der Waals surface area contributed by atoms with Crippen molar-refractivity contribution < 1.29 is 9.84 Å². The number of hydrogen-bond acceptors (Lipinski definition) is 3. The Morgan fingerprint density at radius 3 is 2.92 bits per heavy atom. The average Bonchev–Trinajstić information content (AvgIpc) is 3.38. The first-order chi connectivity index (χ1) is 12.7. The molecule has 0 aromatic heterocycles. The lowest BCUT2D eigenvalue weighted by molar-refractivity contribution is 0.0924. The molecule has 2 saturated heterocycles. The molecule has 0 radical (unpaired) electrons. The number of aliphatic hydroxyl groups excluding tert-OH is 1. The standard InChI is InChI=1S/C23H33NO2/c25-22-3-1-2-21(22)19-7-6-18-5-4-17(12-20(18)13-19)14-24-10-8-23(15-24)9-11-26-16-23/h4-5,12,19,21-22,25H,1-3,6-11,13-16H2/t19?,21-,22-,23?/m0/s1. The quantitative estimate of drug-likeness (QED) is 0.900. The van der Waals surface area contributed by atoms with Crippen LogP contribution >= 0.6 is 0 Å². The largest absolute Gasteiger partial charge is 0.393 e. The molecule has 2 unspecified atom stereocenters. The van der Waals surface area contributed by atoms with E-state index in [1.165, 1.54) is 63.6 Å². The Morgan fingerprint density at radius 1 is 1.15 bits per heavy atom. The highest BCUT2D eigenvalue weighted by Crippen LogP contribution is 2.40. The molecule has 2 aliphatic carbocycles. The van der Waals surface area contributed by atoms with E-state index in [-0.39, 0.29) is 6.10 Å². The number of benzene rings is 1. The Labute approximate surface area is 157 Å². The van der Waals surface area contributed by atoms with Crippen LogP contribution in [0.15, 0.2) is 18.2 Å². The van der Waals surface area contributed by atoms with E-state index < -0.39 is 0 Å². The van der Waals surface area contributed by atoms with Crippen LogP contribution in [0.2, 0.25) is 0 Å². The zero-order valence-corrected chi connectivity index (χ0v) is 16.0. The minimum atomic E-state index is -0.0425. The summed E-state index contributed by atoms with van der Waals surface area (Å²) < 4.78 is 5.68. The van der Waals surface area contributed by atoms with Crippen molar-refractivity contribution >= 4 is 0 Å². The van der Waals surface area contributed by atoms with Gasteiger partial charge in [-0.3, -0.25) is 4.90 Å². The van der Waals surface area contributed by atoms with Crippen LogP contribution in [0.5, 0.6) is 0 Å². The van der Waals surface area contributed by atoms with Gasteiger partial charge in [0.25, 0.3) is 0 Å². The van der Waals surface area contributed by atoms with Crippen molar-refractivity contribution in [2.24, 2.45) is 17.3 Å². The number of likely N-dealkylation sites (tertiary alicyclic amines) is 1. The van der Waals surface area contributed by atoms with Gasteiger partial charge >= 0.3 is 0 Å². The van der Waals surface area contributed by atoms with E-state index in [0.717, 1.165) is 26.2 Å². The summed E-state index contributed by atoms with van der Waals surface area (Å²) in [6, 6.07) is 7.23. The van der Waals surface area contributed by atoms with E-state index in [4.69, 9.17) is 4.74 Å². The highest BCUT2D eigenvalue weighted by Gasteiger charge is 2.41. The first-order valence-electron chi connectivity index (χ1n) is 10.8. The van der Waals surface area contributed by atoms with Crippen molar-refractivity contribution in [1.29, 1.82) is 0 Å². The highest BCUT2D eigenvalue weighted by molar-refractivity contribution is 5.34. The molecule has 1 N–H and O–H groups in total. The lowest BCUT2D eigenvalue weighted by atomic mass is 9.75. The van der Waals surface area contributed by atoms with Gasteiger partial charge in [-0.1, -0.05) is 24.6 Å². The summed E-state index contributed by atoms with van der Waals surface area (Å²) in [6.07, 6.45) is 9.64. The second-order valence-corrected chi connectivity index (χ2v) is 9.53. The molecule has 4 atom stereocenters. The number of ether oxygens (including phenoxy) is 1. The first kappa shape index (κ1) is 17.2. The van der Waals surface area contributed by atoms with Crippen molar-refractivity contribution in [3.05, 3.63) is 34.9 Å². The van der Waals surface area contributed by atoms with Crippen LogP contribution in [-0.4, -0.2) is 42.4 Å². The third-order valence-corrected chi connectivity index (χ3v) is 7.78. The molecule has 1 spiro atoms. The molecule has 1 aromatic rings. The fraction of sp³-hybridized carbons (Fsp3) is 0.739. The van der Waals surface area contributed by atoms with Gasteiger partial charge < -0.3 is 9.84 Å². The van der Waals surface area contributed by atoms with Gasteiger partial charge in [0.05, 0.1) is 12.7 Å². The smallest absolute Gasteiger partial charge is 0.0571 e. The van der Waals surface area contributed by atoms with Gasteiger partial charge in [-0.2, -0.15) is 0 Å². The summed E-state index contributed by atoms with van der Waals surface area (Å²) in [6.45, 7) is 5.45. The number of fused-ring (bicyclic) bond motifs is 1. The van der Waals surface area contributed by atoms with E-state index in [9.17, 15) is 5.11 Å². The summed E-state index contributed by atoms with van der Waals surface area (Å²) in [5.74, 6) is 1.24. The Balaban J connectivity index is 1.26. The van der Waals surface area contributed by atoms with Crippen molar-refractivity contribution in [1.82, 2.24) is 4.90 Å². The summed E-state index contributed by atoms with van der Waals surface area (Å²) in [4.78, 5) is 2.64. The van der Waals surface area contributed by atoms with Crippen LogP contribution in [0.1, 0.15) is 55.2 Å². The molecular weight excluding hydrogens is 322 g/mol. The molecule has 1 aromatic carbocycles. The predicted octanol–water partition coefficient (Wildman–Crippen LogP) is 3.56. The summed E-state index contributed by atoms with van der Waals surface area (Å²) in [5, 5.41) is 10.3. The molecule has 3 heteroatoms. The SMILES string of the molecule is O[C@H]1CCC[C@H]1C1CCc2ccc(CN3CCC4(CCOC4)C3)cc2C1. The summed E-state index contributed by atoms with van der Waals surface area (Å²) >= 11 is 0. The molecule has 3 nitrogen and oxygen atoms in total. The molecule has 3 fully saturated rings. The highest BCUT2D eigenvalue weighted by atomic mass is 16.5. The van der Waals surface area contributed by atoms with Crippen LogP contribution < -0.4 is 0 Å². The molecule has 4 aliphatic rings. The zero-order chi connectivity index (χ0) is 17.6. The Hall–Kier alpha value is -0.900. The van der Waals surface area contributed by atoms with Gasteiger partial charge in [0, 0.05) is 25.1 Å². The lowest BCUT2D eigenvalue weighted by Gasteiger charge is -2.31. The normalized spacial score (nSPS) is 37.5. The summed E-state index contributed by atoms with van der Waals surface area (Å²) in [5.41, 5.74) is 5.06. The number of rotatable bonds is 3. The van der Waals surface area contributed by atoms with Crippen LogP contribution in [0.3, 0.4) is 0 Å². The van der Waals surface area contributed by atoms with Gasteiger partial charge in [-0.25, -0.2) is 0 Å². The van der Waals surface area contributed by atoms with E-state index in [1.54, 1.807) is 11.1 Å². The third-order valence-electron chi connectivity index (χ3n) is 7.78. The van der Waals surface area contributed by atoms with Crippen LogP contribution in [-0.2, 0) is 24.1 Å². The maximum absolute atomic E-state index is 10.3. The van der Waals surface area contributed by atoms with Gasteiger partial charge in [0.2, 0.25) is 0 Å². The summed E-state index contributed by atoms with van der Waals surface area (Å²) in [7, 11) is 0. The number of aryl methyl sites for hydroxylation is 1. The van der Waals surface area contributed by atoms with E-state index >= 15 is 0 Å². The third kappa shape index (κ3) is 3.23. The van der Waals surface area contributed by atoms with Crippen molar-refractivity contribution in [3.8, 4) is 0 Å². The molecule has 1 saturated carbocycles. The topological polar surface area (TPSA) is 32.7 Å². The fourth-order valence-electron chi connectivity index (χ4n) is 6.21. The second kappa shape index (κ2) is 6.92. The molecule has 142 valence electrons. The van der Waals surface area contributed by atoms with E-state index in [1.807, 2.05) is 0 Å². The number of nitrogens with zero attached hydrogens (tertiary/aromatic N) is 1. The Kier molecular flexibility index (Phi) is 4.58. The number of hydrogen-bond donors (Lipinski definition) is 1. The molecule has 2 heterocycles. The molecular formula is C23H33NO2. The van der Waals surface area contributed by atoms with Gasteiger partial charge in [-0.05, 0) is 80.0 Å². The second-order valence-electron chi connectivity index (χ2n) is 9.53. The lowest BCUT2D eigenvalue weighted by Crippen LogP contribution is -2.28. The Bertz CT molecular complexity index is 652. The number of aliphatic hydroxyl groups is 1. The van der Waals surface area contributed by atoms with E-state index in [0.29, 0.717) is 17.3 Å². The zero-order valence-electron chi connectivity index (χ0n) is 16.0. The van der Waals surface area contributed by atoms with Gasteiger partial charge in [-0.15, -0.1) is 0 Å². The Morgan fingerprint density at radius 2 is 2.12 bits per heavy atom. The minimum Gasteiger partial charge on any atom is -0.393 e. The minimum absolute atomic E-state index is 0.0425. The molecule has 0 bridgehead atoms. The van der Waals surface area contributed by atoms with Gasteiger partial charge in [0.1, 0.15) is 0 Å². The first-order valence-corrected chi connectivity index (χ1v) is 10.8.